The van der Waals surface area contributed by atoms with E-state index in [-0.39, 0.29) is 11.2 Å². The molecule has 0 N–H and O–H groups in total. The summed E-state index contributed by atoms with van der Waals surface area (Å²) in [5.41, 5.74) is 0.0981. The lowest BCUT2D eigenvalue weighted by molar-refractivity contribution is 0.398. The van der Waals surface area contributed by atoms with Crippen molar-refractivity contribution in [3.63, 3.8) is 0 Å². The number of hydrogen-bond donors (Lipinski definition) is 0. The first kappa shape index (κ1) is 10.4. The Morgan fingerprint density at radius 1 is 1.30 bits per heavy atom. The second kappa shape index (κ2) is 3.22. The molecule has 0 amide bonds. The summed E-state index contributed by atoms with van der Waals surface area (Å²) in [6.07, 6.45) is 0.695. The van der Waals surface area contributed by atoms with Gasteiger partial charge in [-0.05, 0) is 11.8 Å². The molecule has 0 aromatic carbocycles. The molecule has 0 unspecified atom stereocenters. The fourth-order valence-corrected chi connectivity index (χ4v) is 1.77. The minimum atomic E-state index is -2.94. The molecular weight excluding hydrogens is 216 g/mol. The van der Waals surface area contributed by atoms with Gasteiger partial charge in [0.05, 0.1) is 20.6 Å². The largest absolute Gasteiger partial charge is 0.217 e. The molecule has 0 spiro atoms. The molecule has 0 bridgehead atoms. The van der Waals surface area contributed by atoms with Gasteiger partial charge in [0.25, 0.3) is 0 Å². The van der Waals surface area contributed by atoms with Gasteiger partial charge >= 0.3 is 0 Å². The van der Waals surface area contributed by atoms with Crippen LogP contribution in [0.3, 0.4) is 0 Å². The summed E-state index contributed by atoms with van der Waals surface area (Å²) in [6, 6.07) is 0. The van der Waals surface area contributed by atoms with Crippen molar-refractivity contribution in [2.75, 3.05) is 5.75 Å². The highest BCUT2D eigenvalue weighted by atomic mass is 79.9. The highest BCUT2D eigenvalue weighted by Crippen LogP contribution is 2.20. The zero-order valence-electron chi connectivity index (χ0n) is 6.52. The maximum Gasteiger partial charge on any atom is 0.209 e. The molecule has 2 nitrogen and oxygen atoms in total. The minimum Gasteiger partial charge on any atom is -0.217 e. The summed E-state index contributed by atoms with van der Waals surface area (Å²) in [5.74, 6) is 0.219. The molecule has 0 rings (SSSR count). The van der Waals surface area contributed by atoms with Crippen molar-refractivity contribution in [1.29, 1.82) is 0 Å². The fraction of sp³-hybridized carbons (Fsp3) is 1.00. The maximum absolute atomic E-state index is 10.6. The van der Waals surface area contributed by atoms with E-state index in [1.165, 1.54) is 0 Å². The summed E-state index contributed by atoms with van der Waals surface area (Å²) >= 11 is 2.60. The van der Waals surface area contributed by atoms with Crippen LogP contribution in [0.25, 0.3) is 0 Å². The van der Waals surface area contributed by atoms with Crippen molar-refractivity contribution in [2.24, 2.45) is 5.41 Å². The number of rotatable bonds is 2. The summed E-state index contributed by atoms with van der Waals surface area (Å²) in [7, 11) is -2.94. The average molecular weight is 229 g/mol. The Balaban J connectivity index is 3.79. The van der Waals surface area contributed by atoms with Crippen molar-refractivity contribution in [1.82, 2.24) is 0 Å². The summed E-state index contributed by atoms with van der Waals surface area (Å²) < 4.78 is 21.2. The average Bonchev–Trinajstić information content (AvgIpc) is 1.57. The number of hydrogen-bond acceptors (Lipinski definition) is 2. The van der Waals surface area contributed by atoms with Gasteiger partial charge in [0.2, 0.25) is 8.27 Å². The first-order valence-electron chi connectivity index (χ1n) is 3.13. The number of halogens is 1. The molecule has 0 aliphatic carbocycles. The monoisotopic (exact) mass is 228 g/mol. The second-order valence-electron chi connectivity index (χ2n) is 3.55. The fourth-order valence-electron chi connectivity index (χ4n) is 0.428. The van der Waals surface area contributed by atoms with E-state index in [9.17, 15) is 8.42 Å². The molecule has 0 aromatic rings. The van der Waals surface area contributed by atoms with E-state index in [2.05, 4.69) is 14.8 Å². The first-order valence-corrected chi connectivity index (χ1v) is 6.62. The maximum atomic E-state index is 10.6. The van der Waals surface area contributed by atoms with Crippen LogP contribution in [-0.4, -0.2) is 14.2 Å². The van der Waals surface area contributed by atoms with E-state index in [1.54, 1.807) is 0 Å². The predicted molar refractivity (Wildman–Crippen MR) is 46.8 cm³/mol. The van der Waals surface area contributed by atoms with Gasteiger partial charge in [-0.3, -0.25) is 0 Å². The van der Waals surface area contributed by atoms with Crippen molar-refractivity contribution in [3.8, 4) is 0 Å². The molecule has 0 heterocycles. The van der Waals surface area contributed by atoms with Crippen LogP contribution in [0.15, 0.2) is 0 Å². The Hall–Kier alpha value is 0.430. The van der Waals surface area contributed by atoms with Gasteiger partial charge in [-0.2, -0.15) is 0 Å². The molecule has 4 heteroatoms. The topological polar surface area (TPSA) is 34.1 Å². The Bertz CT molecular complexity index is 188. The lowest BCUT2D eigenvalue weighted by Gasteiger charge is -2.15. The highest BCUT2D eigenvalue weighted by molar-refractivity contribution is 9.47. The summed E-state index contributed by atoms with van der Waals surface area (Å²) in [6.45, 7) is 6.06. The summed E-state index contributed by atoms with van der Waals surface area (Å²) in [5, 5.41) is 0. The van der Waals surface area contributed by atoms with E-state index < -0.39 is 8.27 Å². The molecule has 10 heavy (non-hydrogen) atoms. The van der Waals surface area contributed by atoms with Gasteiger partial charge in [0.15, 0.2) is 0 Å². The van der Waals surface area contributed by atoms with Gasteiger partial charge in [0, 0.05) is 0 Å². The molecule has 62 valence electrons. The molecule has 0 saturated heterocycles. The van der Waals surface area contributed by atoms with Crippen molar-refractivity contribution in [3.05, 3.63) is 0 Å². The van der Waals surface area contributed by atoms with Crippen LogP contribution in [0.1, 0.15) is 27.2 Å². The van der Waals surface area contributed by atoms with Gasteiger partial charge in [-0.25, -0.2) is 8.42 Å². The summed E-state index contributed by atoms with van der Waals surface area (Å²) in [4.78, 5) is 0. The van der Waals surface area contributed by atoms with E-state index in [1.807, 2.05) is 20.8 Å². The van der Waals surface area contributed by atoms with Gasteiger partial charge in [0.1, 0.15) is 0 Å². The SMILES string of the molecule is CC(C)(C)CCS(=O)(=O)Br. The molecule has 0 aliphatic rings. The van der Waals surface area contributed by atoms with Gasteiger partial charge < -0.3 is 0 Å². The molecule has 0 atom stereocenters. The van der Waals surface area contributed by atoms with Crippen LogP contribution in [0.4, 0.5) is 0 Å². The van der Waals surface area contributed by atoms with Gasteiger partial charge in [-0.1, -0.05) is 20.8 Å². The first-order chi connectivity index (χ1) is 4.21. The third-order valence-electron chi connectivity index (χ3n) is 1.10. The van der Waals surface area contributed by atoms with E-state index >= 15 is 0 Å². The third-order valence-corrected chi connectivity index (χ3v) is 2.76. The lowest BCUT2D eigenvalue weighted by Crippen LogP contribution is -2.10. The van der Waals surface area contributed by atoms with Crippen LogP contribution in [0.5, 0.6) is 0 Å². The Kier molecular flexibility index (Phi) is 3.36. The standard InChI is InChI=1S/C6H13BrO2S/c1-6(2,3)4-5-10(7,8)9/h4-5H2,1-3H3. The van der Waals surface area contributed by atoms with Crippen molar-refractivity contribution >= 4 is 23.1 Å². The molecule has 0 aromatic heterocycles. The van der Waals surface area contributed by atoms with Crippen molar-refractivity contribution in [2.45, 2.75) is 27.2 Å². The van der Waals surface area contributed by atoms with Crippen LogP contribution >= 0.6 is 14.8 Å². The van der Waals surface area contributed by atoms with Crippen molar-refractivity contribution < 1.29 is 8.42 Å². The zero-order valence-corrected chi connectivity index (χ0v) is 8.92. The highest BCUT2D eigenvalue weighted by Gasteiger charge is 2.14. The molecular formula is C6H13BrO2S. The zero-order chi connectivity index (χ0) is 8.41. The van der Waals surface area contributed by atoms with E-state index in [0.29, 0.717) is 6.42 Å². The Labute approximate surface area is 70.1 Å². The minimum absolute atomic E-state index is 0.0981. The Morgan fingerprint density at radius 2 is 1.70 bits per heavy atom. The van der Waals surface area contributed by atoms with Crippen LogP contribution in [0, 0.1) is 5.41 Å². The molecule has 0 fully saturated rings. The van der Waals surface area contributed by atoms with E-state index in [4.69, 9.17) is 0 Å². The van der Waals surface area contributed by atoms with Gasteiger partial charge in [-0.15, -0.1) is 0 Å². The lowest BCUT2D eigenvalue weighted by atomic mass is 9.94. The molecule has 0 radical (unpaired) electrons. The van der Waals surface area contributed by atoms with Crippen LogP contribution < -0.4 is 0 Å². The quantitative estimate of drug-likeness (QED) is 0.680. The molecule has 0 aliphatic heterocycles. The second-order valence-corrected chi connectivity index (χ2v) is 8.00. The predicted octanol–water partition coefficient (Wildman–Crippen LogP) is 2.15. The molecule has 0 saturated carbocycles. The third kappa shape index (κ3) is 8.43. The smallest absolute Gasteiger partial charge is 0.209 e. The Morgan fingerprint density at radius 3 is 1.80 bits per heavy atom. The van der Waals surface area contributed by atoms with Crippen LogP contribution in [-0.2, 0) is 8.27 Å². The van der Waals surface area contributed by atoms with Crippen LogP contribution in [0.2, 0.25) is 0 Å². The van der Waals surface area contributed by atoms with E-state index in [0.717, 1.165) is 0 Å². The normalized spacial score (nSPS) is 13.6.